The van der Waals surface area contributed by atoms with Crippen LogP contribution in [0.3, 0.4) is 0 Å². The Morgan fingerprint density at radius 3 is 2.54 bits per heavy atom. The van der Waals surface area contributed by atoms with Crippen LogP contribution in [0.2, 0.25) is 0 Å². The zero-order chi connectivity index (χ0) is 20.3. The molecule has 150 valence electrons. The lowest BCUT2D eigenvalue weighted by atomic mass is 9.70. The predicted octanol–water partition coefficient (Wildman–Crippen LogP) is 3.77. The maximum absolute atomic E-state index is 13.0. The van der Waals surface area contributed by atoms with Crippen LogP contribution in [0.4, 0.5) is 8.78 Å². The number of ether oxygens (including phenoxy) is 3. The largest absolute Gasteiger partial charge is 0.489 e. The quantitative estimate of drug-likeness (QED) is 0.656. The maximum Gasteiger partial charge on any atom is 0.387 e. The topological polar surface area (TPSA) is 85.6 Å². The van der Waals surface area contributed by atoms with Gasteiger partial charge in [-0.3, -0.25) is 4.79 Å². The highest BCUT2D eigenvalue weighted by Crippen LogP contribution is 2.44. The van der Waals surface area contributed by atoms with Crippen LogP contribution in [-0.2, 0) is 14.9 Å². The fourth-order valence-corrected chi connectivity index (χ4v) is 3.37. The standard InChI is InChI=1S/C20H21F2NO5/c1-26-18(25)15-8-13(20(11-23)6-4-14(24)5-7-20)9-16(17(15)28-19(21)22)27-10-12-2-3-12/h8-9,12,19H,2-7,10H2,1H3. The lowest BCUT2D eigenvalue weighted by Gasteiger charge is -2.31. The van der Waals surface area contributed by atoms with Crippen LogP contribution in [-0.4, -0.2) is 32.1 Å². The number of nitrogens with zero attached hydrogens (tertiary/aromatic N) is 1. The van der Waals surface area contributed by atoms with Crippen molar-refractivity contribution in [3.8, 4) is 17.6 Å². The second-order valence-electron chi connectivity index (χ2n) is 7.21. The molecule has 1 aromatic carbocycles. The monoisotopic (exact) mass is 393 g/mol. The predicted molar refractivity (Wildman–Crippen MR) is 93.4 cm³/mol. The minimum Gasteiger partial charge on any atom is -0.489 e. The number of benzene rings is 1. The van der Waals surface area contributed by atoms with Crippen molar-refractivity contribution in [1.82, 2.24) is 0 Å². The van der Waals surface area contributed by atoms with E-state index >= 15 is 0 Å². The number of esters is 1. The van der Waals surface area contributed by atoms with E-state index in [1.165, 1.54) is 12.1 Å². The summed E-state index contributed by atoms with van der Waals surface area (Å²) in [5.41, 5.74) is -0.787. The molecule has 6 nitrogen and oxygen atoms in total. The number of alkyl halides is 2. The summed E-state index contributed by atoms with van der Waals surface area (Å²) in [4.78, 5) is 23.9. The normalized spacial score (nSPS) is 18.5. The molecular formula is C20H21F2NO5. The molecule has 8 heteroatoms. The lowest BCUT2D eigenvalue weighted by molar-refractivity contribution is -0.121. The maximum atomic E-state index is 13.0. The third kappa shape index (κ3) is 4.24. The highest BCUT2D eigenvalue weighted by atomic mass is 19.3. The van der Waals surface area contributed by atoms with Crippen LogP contribution < -0.4 is 9.47 Å². The highest BCUT2D eigenvalue weighted by Gasteiger charge is 2.39. The van der Waals surface area contributed by atoms with Crippen LogP contribution in [0.25, 0.3) is 0 Å². The Balaban J connectivity index is 2.08. The molecule has 0 bridgehead atoms. The van der Waals surface area contributed by atoms with Crippen molar-refractivity contribution in [2.24, 2.45) is 5.92 Å². The summed E-state index contributed by atoms with van der Waals surface area (Å²) in [7, 11) is 1.13. The first-order valence-corrected chi connectivity index (χ1v) is 9.16. The van der Waals surface area contributed by atoms with Crippen molar-refractivity contribution in [2.75, 3.05) is 13.7 Å². The molecule has 0 unspecified atom stereocenters. The third-order valence-corrected chi connectivity index (χ3v) is 5.27. The Labute approximate surface area is 161 Å². The minimum absolute atomic E-state index is 0.0170. The molecule has 0 aromatic heterocycles. The molecule has 0 aliphatic heterocycles. The van der Waals surface area contributed by atoms with E-state index in [1.54, 1.807) is 0 Å². The second kappa shape index (κ2) is 8.13. The molecular weight excluding hydrogens is 372 g/mol. The number of rotatable bonds is 7. The van der Waals surface area contributed by atoms with E-state index in [4.69, 9.17) is 9.47 Å². The van der Waals surface area contributed by atoms with Crippen molar-refractivity contribution in [3.05, 3.63) is 23.3 Å². The number of carbonyl (C=O) groups is 2. The third-order valence-electron chi connectivity index (χ3n) is 5.27. The Kier molecular flexibility index (Phi) is 5.82. The van der Waals surface area contributed by atoms with E-state index < -0.39 is 23.7 Å². The highest BCUT2D eigenvalue weighted by molar-refractivity contribution is 5.94. The van der Waals surface area contributed by atoms with Gasteiger partial charge < -0.3 is 14.2 Å². The Morgan fingerprint density at radius 1 is 1.32 bits per heavy atom. The van der Waals surface area contributed by atoms with Crippen molar-refractivity contribution >= 4 is 11.8 Å². The molecule has 0 N–H and O–H groups in total. The Hall–Kier alpha value is -2.69. The summed E-state index contributed by atoms with van der Waals surface area (Å²) in [5.74, 6) is -0.875. The van der Waals surface area contributed by atoms with Crippen LogP contribution >= 0.6 is 0 Å². The molecule has 1 aromatic rings. The first-order valence-electron chi connectivity index (χ1n) is 9.16. The fourth-order valence-electron chi connectivity index (χ4n) is 3.37. The second-order valence-corrected chi connectivity index (χ2v) is 7.21. The van der Waals surface area contributed by atoms with Gasteiger partial charge in [0.2, 0.25) is 0 Å². The van der Waals surface area contributed by atoms with Gasteiger partial charge in [-0.05, 0) is 49.3 Å². The number of carbonyl (C=O) groups excluding carboxylic acids is 2. The van der Waals surface area contributed by atoms with Gasteiger partial charge in [-0.1, -0.05) is 0 Å². The van der Waals surface area contributed by atoms with Gasteiger partial charge in [0.15, 0.2) is 11.5 Å². The lowest BCUT2D eigenvalue weighted by Crippen LogP contribution is -2.31. The van der Waals surface area contributed by atoms with Crippen LogP contribution in [0, 0.1) is 17.2 Å². The summed E-state index contributed by atoms with van der Waals surface area (Å²) in [6, 6.07) is 5.07. The molecule has 28 heavy (non-hydrogen) atoms. The van der Waals surface area contributed by atoms with Gasteiger partial charge in [0, 0.05) is 12.8 Å². The van der Waals surface area contributed by atoms with Gasteiger partial charge in [-0.25, -0.2) is 4.79 Å². The van der Waals surface area contributed by atoms with Crippen molar-refractivity contribution in [3.63, 3.8) is 0 Å². The first kappa shape index (κ1) is 20.1. The van der Waals surface area contributed by atoms with Crippen LogP contribution in [0.15, 0.2) is 12.1 Å². The smallest absolute Gasteiger partial charge is 0.387 e. The van der Waals surface area contributed by atoms with Gasteiger partial charge in [-0.2, -0.15) is 14.0 Å². The molecule has 2 saturated carbocycles. The summed E-state index contributed by atoms with van der Waals surface area (Å²) >= 11 is 0. The molecule has 0 amide bonds. The number of ketones is 1. The molecule has 2 aliphatic rings. The summed E-state index contributed by atoms with van der Waals surface area (Å²) < 4.78 is 41.0. The van der Waals surface area contributed by atoms with E-state index in [1.807, 2.05) is 0 Å². The minimum atomic E-state index is -3.16. The number of Topliss-reactive ketones (excluding diaryl/α,β-unsaturated/α-hetero) is 1. The average Bonchev–Trinajstić information content (AvgIpc) is 3.51. The van der Waals surface area contributed by atoms with Gasteiger partial charge in [0.25, 0.3) is 0 Å². The fraction of sp³-hybridized carbons (Fsp3) is 0.550. The zero-order valence-electron chi connectivity index (χ0n) is 15.5. The summed E-state index contributed by atoms with van der Waals surface area (Å²) in [5, 5.41) is 9.83. The number of hydrogen-bond acceptors (Lipinski definition) is 6. The molecule has 0 heterocycles. The van der Waals surface area contributed by atoms with Crippen molar-refractivity contribution in [1.29, 1.82) is 5.26 Å². The van der Waals surface area contributed by atoms with Gasteiger partial charge in [0.1, 0.15) is 11.3 Å². The molecule has 2 fully saturated rings. The number of hydrogen-bond donors (Lipinski definition) is 0. The number of methoxy groups -OCH3 is 1. The molecule has 3 rings (SSSR count). The SMILES string of the molecule is COC(=O)c1cc(C2(C#N)CCC(=O)CC2)cc(OCC2CC2)c1OC(F)F. The van der Waals surface area contributed by atoms with E-state index in [9.17, 15) is 23.6 Å². The van der Waals surface area contributed by atoms with Gasteiger partial charge in [-0.15, -0.1) is 0 Å². The van der Waals surface area contributed by atoms with Crippen LogP contribution in [0.5, 0.6) is 11.5 Å². The average molecular weight is 393 g/mol. The van der Waals surface area contributed by atoms with Crippen molar-refractivity contribution < 1.29 is 32.6 Å². The Bertz CT molecular complexity index is 804. The van der Waals surface area contributed by atoms with Gasteiger partial charge in [0.05, 0.1) is 25.2 Å². The molecule has 0 radical (unpaired) electrons. The van der Waals surface area contributed by atoms with E-state index in [-0.39, 0.29) is 29.9 Å². The first-order chi connectivity index (χ1) is 13.4. The van der Waals surface area contributed by atoms with Gasteiger partial charge >= 0.3 is 12.6 Å². The number of halogens is 2. The molecule has 0 atom stereocenters. The molecule has 2 aliphatic carbocycles. The van der Waals surface area contributed by atoms with E-state index in [0.717, 1.165) is 20.0 Å². The Morgan fingerprint density at radius 2 is 2.00 bits per heavy atom. The van der Waals surface area contributed by atoms with E-state index in [2.05, 4.69) is 10.8 Å². The molecule has 0 spiro atoms. The molecule has 0 saturated heterocycles. The van der Waals surface area contributed by atoms with Crippen molar-refractivity contribution in [2.45, 2.75) is 50.6 Å². The number of nitriles is 1. The zero-order valence-corrected chi connectivity index (χ0v) is 15.5. The van der Waals surface area contributed by atoms with Crippen LogP contribution in [0.1, 0.15) is 54.4 Å². The van der Waals surface area contributed by atoms with E-state index in [0.29, 0.717) is 30.9 Å². The summed E-state index contributed by atoms with van der Waals surface area (Å²) in [6.45, 7) is -2.85. The summed E-state index contributed by atoms with van der Waals surface area (Å²) in [6.07, 6.45) is 3.04.